The lowest BCUT2D eigenvalue weighted by atomic mass is 10.3. The van der Waals surface area contributed by atoms with Crippen molar-refractivity contribution in [2.24, 2.45) is 0 Å². The van der Waals surface area contributed by atoms with Crippen LogP contribution in [0.25, 0.3) is 10.8 Å². The van der Waals surface area contributed by atoms with Crippen LogP contribution in [0.1, 0.15) is 25.3 Å². The third-order valence-electron chi connectivity index (χ3n) is 2.33. The molecule has 0 aromatic carbocycles. The highest BCUT2D eigenvalue weighted by Crippen LogP contribution is 2.25. The average molecular weight is 236 g/mol. The molecule has 0 aliphatic heterocycles. The monoisotopic (exact) mass is 236 g/mol. The van der Waals surface area contributed by atoms with Crippen LogP contribution in [-0.4, -0.2) is 11.5 Å². The van der Waals surface area contributed by atoms with Gasteiger partial charge in [0.15, 0.2) is 10.8 Å². The number of hydrogen-bond acceptors (Lipinski definition) is 4. The normalized spacial score (nSPS) is 10.9. The minimum Gasteiger partial charge on any atom is -0.459 e. The SMILES string of the molecule is CCNCc1csc(-c2ccc(CC)o2)n1. The van der Waals surface area contributed by atoms with E-state index in [1.807, 2.05) is 12.1 Å². The van der Waals surface area contributed by atoms with E-state index >= 15 is 0 Å². The van der Waals surface area contributed by atoms with E-state index in [0.717, 1.165) is 41.7 Å². The van der Waals surface area contributed by atoms with Crippen LogP contribution in [0, 0.1) is 0 Å². The van der Waals surface area contributed by atoms with Gasteiger partial charge in [-0.3, -0.25) is 0 Å². The highest BCUT2D eigenvalue weighted by atomic mass is 32.1. The third-order valence-corrected chi connectivity index (χ3v) is 3.23. The van der Waals surface area contributed by atoms with Gasteiger partial charge in [-0.1, -0.05) is 13.8 Å². The molecule has 0 aliphatic carbocycles. The van der Waals surface area contributed by atoms with E-state index in [1.165, 1.54) is 0 Å². The number of hydrogen-bond donors (Lipinski definition) is 1. The molecule has 3 nitrogen and oxygen atoms in total. The second kappa shape index (κ2) is 5.27. The molecule has 4 heteroatoms. The van der Waals surface area contributed by atoms with Gasteiger partial charge in [-0.15, -0.1) is 11.3 Å². The van der Waals surface area contributed by atoms with Gasteiger partial charge in [0.1, 0.15) is 5.76 Å². The van der Waals surface area contributed by atoms with Crippen molar-refractivity contribution in [2.75, 3.05) is 6.54 Å². The molecule has 2 rings (SSSR count). The molecule has 2 heterocycles. The molecule has 0 bridgehead atoms. The first kappa shape index (κ1) is 11.4. The number of rotatable bonds is 5. The van der Waals surface area contributed by atoms with E-state index < -0.39 is 0 Å². The van der Waals surface area contributed by atoms with Crippen LogP contribution >= 0.6 is 11.3 Å². The van der Waals surface area contributed by atoms with Crippen LogP contribution in [-0.2, 0) is 13.0 Å². The van der Waals surface area contributed by atoms with Crippen LogP contribution in [0.15, 0.2) is 21.9 Å². The predicted molar refractivity (Wildman–Crippen MR) is 66.6 cm³/mol. The van der Waals surface area contributed by atoms with Crippen LogP contribution in [0.2, 0.25) is 0 Å². The van der Waals surface area contributed by atoms with E-state index in [4.69, 9.17) is 4.42 Å². The topological polar surface area (TPSA) is 38.1 Å². The lowest BCUT2D eigenvalue weighted by Crippen LogP contribution is -2.11. The molecule has 1 N–H and O–H groups in total. The molecule has 0 radical (unpaired) electrons. The van der Waals surface area contributed by atoms with Gasteiger partial charge in [0.2, 0.25) is 0 Å². The summed E-state index contributed by atoms with van der Waals surface area (Å²) in [6.07, 6.45) is 0.926. The highest BCUT2D eigenvalue weighted by molar-refractivity contribution is 7.13. The maximum absolute atomic E-state index is 5.66. The number of nitrogens with one attached hydrogen (secondary N) is 1. The Labute approximate surface area is 99.5 Å². The second-order valence-corrected chi connectivity index (χ2v) is 4.40. The third kappa shape index (κ3) is 2.51. The molecule has 2 aromatic rings. The van der Waals surface area contributed by atoms with Gasteiger partial charge in [0, 0.05) is 18.3 Å². The summed E-state index contributed by atoms with van der Waals surface area (Å²) in [6, 6.07) is 4.01. The summed E-state index contributed by atoms with van der Waals surface area (Å²) in [5.74, 6) is 1.89. The smallest absolute Gasteiger partial charge is 0.162 e. The average Bonchev–Trinajstić information content (AvgIpc) is 2.94. The van der Waals surface area contributed by atoms with Gasteiger partial charge >= 0.3 is 0 Å². The molecule has 0 unspecified atom stereocenters. The Hall–Kier alpha value is -1.13. The Kier molecular flexibility index (Phi) is 3.74. The van der Waals surface area contributed by atoms with Gasteiger partial charge in [0.25, 0.3) is 0 Å². The number of aryl methyl sites for hydroxylation is 1. The van der Waals surface area contributed by atoms with Gasteiger partial charge in [-0.05, 0) is 18.7 Å². The zero-order valence-electron chi connectivity index (χ0n) is 9.62. The Morgan fingerprint density at radius 2 is 2.25 bits per heavy atom. The Morgan fingerprint density at radius 3 is 2.94 bits per heavy atom. The van der Waals surface area contributed by atoms with Crippen molar-refractivity contribution in [3.63, 3.8) is 0 Å². The quantitative estimate of drug-likeness (QED) is 0.867. The van der Waals surface area contributed by atoms with E-state index in [0.29, 0.717) is 0 Å². The van der Waals surface area contributed by atoms with Gasteiger partial charge < -0.3 is 9.73 Å². The number of aromatic nitrogens is 1. The maximum Gasteiger partial charge on any atom is 0.162 e. The molecular formula is C12H16N2OS. The number of nitrogens with zero attached hydrogens (tertiary/aromatic N) is 1. The molecule has 0 saturated heterocycles. The summed E-state index contributed by atoms with van der Waals surface area (Å²) in [5, 5.41) is 6.30. The molecule has 0 amide bonds. The van der Waals surface area contributed by atoms with Gasteiger partial charge in [-0.25, -0.2) is 4.98 Å². The van der Waals surface area contributed by atoms with Crippen molar-refractivity contribution in [3.05, 3.63) is 29.0 Å². The Morgan fingerprint density at radius 1 is 1.38 bits per heavy atom. The van der Waals surface area contributed by atoms with Crippen LogP contribution in [0.4, 0.5) is 0 Å². The fourth-order valence-electron chi connectivity index (χ4n) is 1.44. The van der Waals surface area contributed by atoms with Crippen molar-refractivity contribution < 1.29 is 4.42 Å². The lowest BCUT2D eigenvalue weighted by Gasteiger charge is -1.95. The molecule has 86 valence electrons. The minimum atomic E-state index is 0.828. The summed E-state index contributed by atoms with van der Waals surface area (Å²) in [7, 11) is 0. The first-order valence-electron chi connectivity index (χ1n) is 5.57. The molecule has 0 atom stereocenters. The molecule has 2 aromatic heterocycles. The molecule has 0 spiro atoms. The zero-order chi connectivity index (χ0) is 11.4. The van der Waals surface area contributed by atoms with Crippen LogP contribution < -0.4 is 5.32 Å². The van der Waals surface area contributed by atoms with Crippen molar-refractivity contribution >= 4 is 11.3 Å². The van der Waals surface area contributed by atoms with Crippen molar-refractivity contribution in [1.82, 2.24) is 10.3 Å². The van der Waals surface area contributed by atoms with E-state index in [9.17, 15) is 0 Å². The first-order chi connectivity index (χ1) is 7.83. The van der Waals surface area contributed by atoms with Crippen molar-refractivity contribution in [1.29, 1.82) is 0 Å². The summed E-state index contributed by atoms with van der Waals surface area (Å²) < 4.78 is 5.66. The van der Waals surface area contributed by atoms with Gasteiger partial charge in [0.05, 0.1) is 5.69 Å². The minimum absolute atomic E-state index is 0.828. The molecule has 0 aliphatic rings. The van der Waals surface area contributed by atoms with Crippen molar-refractivity contribution in [2.45, 2.75) is 26.8 Å². The van der Waals surface area contributed by atoms with Crippen LogP contribution in [0.5, 0.6) is 0 Å². The van der Waals surface area contributed by atoms with E-state index in [-0.39, 0.29) is 0 Å². The summed E-state index contributed by atoms with van der Waals surface area (Å²) in [4.78, 5) is 4.53. The summed E-state index contributed by atoms with van der Waals surface area (Å²) in [6.45, 7) is 5.97. The first-order valence-corrected chi connectivity index (χ1v) is 6.45. The number of thiazole rings is 1. The van der Waals surface area contributed by atoms with E-state index in [1.54, 1.807) is 11.3 Å². The fraction of sp³-hybridized carbons (Fsp3) is 0.417. The molecular weight excluding hydrogens is 220 g/mol. The largest absolute Gasteiger partial charge is 0.459 e. The van der Waals surface area contributed by atoms with Crippen molar-refractivity contribution in [3.8, 4) is 10.8 Å². The maximum atomic E-state index is 5.66. The molecule has 0 saturated carbocycles. The van der Waals surface area contributed by atoms with Gasteiger partial charge in [-0.2, -0.15) is 0 Å². The predicted octanol–water partition coefficient (Wildman–Crippen LogP) is 3.08. The lowest BCUT2D eigenvalue weighted by molar-refractivity contribution is 0.528. The fourth-order valence-corrected chi connectivity index (χ4v) is 2.22. The summed E-state index contributed by atoms with van der Waals surface area (Å²) in [5.41, 5.74) is 1.08. The second-order valence-electron chi connectivity index (χ2n) is 3.54. The van der Waals surface area contributed by atoms with E-state index in [2.05, 4.69) is 29.5 Å². The Balaban J connectivity index is 2.11. The highest BCUT2D eigenvalue weighted by Gasteiger charge is 2.08. The Bertz CT molecular complexity index is 447. The molecule has 0 fully saturated rings. The summed E-state index contributed by atoms with van der Waals surface area (Å²) >= 11 is 1.63. The van der Waals surface area contributed by atoms with Crippen LogP contribution in [0.3, 0.4) is 0 Å². The number of furan rings is 1. The standard InChI is InChI=1S/C12H16N2OS/c1-3-10-5-6-11(15-10)12-14-9(8-16-12)7-13-4-2/h5-6,8,13H,3-4,7H2,1-2H3. The molecule has 16 heavy (non-hydrogen) atoms. The zero-order valence-corrected chi connectivity index (χ0v) is 10.4.